The van der Waals surface area contributed by atoms with Gasteiger partial charge in [0, 0.05) is 49.2 Å². The average molecular weight is 401 g/mol. The average Bonchev–Trinajstić information content (AvgIpc) is 3.16. The van der Waals surface area contributed by atoms with Gasteiger partial charge in [-0.2, -0.15) is 0 Å². The van der Waals surface area contributed by atoms with Gasteiger partial charge in [-0.1, -0.05) is 0 Å². The van der Waals surface area contributed by atoms with Crippen LogP contribution in [0.15, 0.2) is 29.6 Å². The lowest BCUT2D eigenvalue weighted by atomic mass is 10.1. The van der Waals surface area contributed by atoms with Crippen LogP contribution in [0, 0.1) is 0 Å². The summed E-state index contributed by atoms with van der Waals surface area (Å²) in [4.78, 5) is 33.2. The first kappa shape index (κ1) is 19.0. The number of amides is 2. The van der Waals surface area contributed by atoms with Crippen LogP contribution in [0.3, 0.4) is 0 Å². The second-order valence-corrected chi connectivity index (χ2v) is 7.89. The number of nitrogens with one attached hydrogen (secondary N) is 1. The van der Waals surface area contributed by atoms with Crippen molar-refractivity contribution >= 4 is 34.0 Å². The molecule has 2 aromatic rings. The van der Waals surface area contributed by atoms with E-state index in [1.54, 1.807) is 17.0 Å². The maximum atomic E-state index is 12.5. The van der Waals surface area contributed by atoms with Gasteiger partial charge in [0.15, 0.2) is 5.13 Å². The molecule has 1 N–H and O–H groups in total. The smallest absolute Gasteiger partial charge is 0.257 e. The summed E-state index contributed by atoms with van der Waals surface area (Å²) in [6.45, 7) is 4.85. The van der Waals surface area contributed by atoms with Crippen molar-refractivity contribution in [2.75, 3.05) is 43.1 Å². The highest BCUT2D eigenvalue weighted by atomic mass is 32.1. The summed E-state index contributed by atoms with van der Waals surface area (Å²) >= 11 is 1.43. The summed E-state index contributed by atoms with van der Waals surface area (Å²) in [5.74, 6) is -0.0390. The minimum atomic E-state index is -0.191. The molecule has 0 spiro atoms. The zero-order valence-corrected chi connectivity index (χ0v) is 16.5. The molecule has 2 aliphatic heterocycles. The molecule has 28 heavy (non-hydrogen) atoms. The van der Waals surface area contributed by atoms with Crippen molar-refractivity contribution in [3.63, 3.8) is 0 Å². The van der Waals surface area contributed by atoms with E-state index >= 15 is 0 Å². The summed E-state index contributed by atoms with van der Waals surface area (Å²) in [5.41, 5.74) is 2.36. The highest BCUT2D eigenvalue weighted by Crippen LogP contribution is 2.22. The number of carbonyl (C=O) groups excluding carboxylic acids is 2. The molecule has 0 radical (unpaired) electrons. The number of hydrogen-bond donors (Lipinski definition) is 1. The van der Waals surface area contributed by atoms with Crippen LogP contribution in [-0.2, 0) is 16.1 Å². The lowest BCUT2D eigenvalue weighted by molar-refractivity contribution is -0.119. The van der Waals surface area contributed by atoms with E-state index in [0.717, 1.165) is 63.6 Å². The van der Waals surface area contributed by atoms with Gasteiger partial charge < -0.3 is 9.64 Å². The van der Waals surface area contributed by atoms with Crippen molar-refractivity contribution in [1.82, 2.24) is 9.88 Å². The zero-order valence-electron chi connectivity index (χ0n) is 15.7. The van der Waals surface area contributed by atoms with Crippen LogP contribution in [0.2, 0.25) is 0 Å². The summed E-state index contributed by atoms with van der Waals surface area (Å²) in [6.07, 6.45) is 2.57. The zero-order chi connectivity index (χ0) is 19.3. The molecule has 4 rings (SSSR count). The molecule has 2 aliphatic rings. The minimum absolute atomic E-state index is 0.152. The lowest BCUT2D eigenvalue weighted by Crippen LogP contribution is -2.35. The van der Waals surface area contributed by atoms with E-state index in [4.69, 9.17) is 4.74 Å². The highest BCUT2D eigenvalue weighted by molar-refractivity contribution is 7.13. The molecule has 0 atom stereocenters. The molecule has 1 aromatic carbocycles. The molecule has 1 aromatic heterocycles. The van der Waals surface area contributed by atoms with Crippen LogP contribution in [0.1, 0.15) is 35.3 Å². The second-order valence-electron chi connectivity index (χ2n) is 7.04. The third-order valence-corrected chi connectivity index (χ3v) is 5.83. The van der Waals surface area contributed by atoms with Gasteiger partial charge >= 0.3 is 0 Å². The third kappa shape index (κ3) is 4.57. The molecular weight excluding hydrogens is 376 g/mol. The predicted octanol–water partition coefficient (Wildman–Crippen LogP) is 2.74. The van der Waals surface area contributed by atoms with Gasteiger partial charge in [0.1, 0.15) is 0 Å². The Balaban J connectivity index is 1.35. The second kappa shape index (κ2) is 8.81. The number of ether oxygens (including phenoxy) is 1. The van der Waals surface area contributed by atoms with Crippen LogP contribution in [0.25, 0.3) is 0 Å². The number of benzene rings is 1. The van der Waals surface area contributed by atoms with Gasteiger partial charge in [-0.15, -0.1) is 11.3 Å². The standard InChI is InChI=1S/C20H24N4O3S/c25-18-3-1-2-8-24(18)17-6-4-15(5-7-17)19(26)22-20-21-16(14-28-20)13-23-9-11-27-12-10-23/h4-7,14H,1-3,8-13H2,(H,21,22,26). The summed E-state index contributed by atoms with van der Waals surface area (Å²) < 4.78 is 5.36. The maximum absolute atomic E-state index is 12.5. The molecule has 148 valence electrons. The van der Waals surface area contributed by atoms with Crippen molar-refractivity contribution in [1.29, 1.82) is 0 Å². The van der Waals surface area contributed by atoms with Crippen LogP contribution in [0.4, 0.5) is 10.8 Å². The quantitative estimate of drug-likeness (QED) is 0.835. The highest BCUT2D eigenvalue weighted by Gasteiger charge is 2.20. The van der Waals surface area contributed by atoms with Crippen LogP contribution >= 0.6 is 11.3 Å². The van der Waals surface area contributed by atoms with E-state index in [1.807, 2.05) is 17.5 Å². The number of carbonyl (C=O) groups is 2. The first-order valence-corrected chi connectivity index (χ1v) is 10.5. The Morgan fingerprint density at radius 1 is 1.14 bits per heavy atom. The molecule has 0 saturated carbocycles. The first-order chi connectivity index (χ1) is 13.7. The van der Waals surface area contributed by atoms with Crippen molar-refractivity contribution < 1.29 is 14.3 Å². The van der Waals surface area contributed by atoms with E-state index in [-0.39, 0.29) is 11.8 Å². The fraction of sp³-hybridized carbons (Fsp3) is 0.450. The summed E-state index contributed by atoms with van der Waals surface area (Å²) in [7, 11) is 0. The van der Waals surface area contributed by atoms with Crippen LogP contribution < -0.4 is 10.2 Å². The molecule has 0 aliphatic carbocycles. The van der Waals surface area contributed by atoms with E-state index in [2.05, 4.69) is 15.2 Å². The molecular formula is C20H24N4O3S. The first-order valence-electron chi connectivity index (χ1n) is 9.65. The Bertz CT molecular complexity index is 830. The molecule has 0 unspecified atom stereocenters. The molecule has 0 bridgehead atoms. The number of piperidine rings is 1. The molecule has 2 fully saturated rings. The van der Waals surface area contributed by atoms with E-state index in [1.165, 1.54) is 11.3 Å². The fourth-order valence-electron chi connectivity index (χ4n) is 3.47. The van der Waals surface area contributed by atoms with Gasteiger partial charge in [0.2, 0.25) is 5.91 Å². The van der Waals surface area contributed by atoms with E-state index < -0.39 is 0 Å². The third-order valence-electron chi connectivity index (χ3n) is 5.03. The largest absolute Gasteiger partial charge is 0.379 e. The lowest BCUT2D eigenvalue weighted by Gasteiger charge is -2.26. The minimum Gasteiger partial charge on any atom is -0.379 e. The molecule has 8 heteroatoms. The SMILES string of the molecule is O=C(Nc1nc(CN2CCOCC2)cs1)c1ccc(N2CCCCC2=O)cc1. The van der Waals surface area contributed by atoms with E-state index in [0.29, 0.717) is 17.1 Å². The normalized spacial score (nSPS) is 18.3. The Hall–Kier alpha value is -2.29. The molecule has 7 nitrogen and oxygen atoms in total. The predicted molar refractivity (Wildman–Crippen MR) is 109 cm³/mol. The summed E-state index contributed by atoms with van der Waals surface area (Å²) in [5, 5.41) is 5.45. The number of thiazole rings is 1. The monoisotopic (exact) mass is 400 g/mol. The van der Waals surface area contributed by atoms with Gasteiger partial charge in [-0.25, -0.2) is 4.98 Å². The number of nitrogens with zero attached hydrogens (tertiary/aromatic N) is 3. The van der Waals surface area contributed by atoms with Gasteiger partial charge in [0.05, 0.1) is 18.9 Å². The number of morpholine rings is 1. The molecule has 2 amide bonds. The Morgan fingerprint density at radius 2 is 1.93 bits per heavy atom. The molecule has 3 heterocycles. The van der Waals surface area contributed by atoms with Crippen molar-refractivity contribution in [2.24, 2.45) is 0 Å². The number of hydrogen-bond acceptors (Lipinski definition) is 6. The van der Waals surface area contributed by atoms with Crippen molar-refractivity contribution in [3.05, 3.63) is 40.9 Å². The number of aromatic nitrogens is 1. The fourth-order valence-corrected chi connectivity index (χ4v) is 4.16. The molecule has 2 saturated heterocycles. The number of anilines is 2. The van der Waals surface area contributed by atoms with Crippen LogP contribution in [0.5, 0.6) is 0 Å². The maximum Gasteiger partial charge on any atom is 0.257 e. The van der Waals surface area contributed by atoms with E-state index in [9.17, 15) is 9.59 Å². The van der Waals surface area contributed by atoms with Gasteiger partial charge in [0.25, 0.3) is 5.91 Å². The van der Waals surface area contributed by atoms with Crippen LogP contribution in [-0.4, -0.2) is 54.5 Å². The Labute approximate surface area is 168 Å². The Morgan fingerprint density at radius 3 is 2.68 bits per heavy atom. The van der Waals surface area contributed by atoms with Crippen molar-refractivity contribution in [3.8, 4) is 0 Å². The van der Waals surface area contributed by atoms with Crippen molar-refractivity contribution in [2.45, 2.75) is 25.8 Å². The van der Waals surface area contributed by atoms with Gasteiger partial charge in [-0.05, 0) is 37.1 Å². The Kier molecular flexibility index (Phi) is 5.99. The summed E-state index contributed by atoms with van der Waals surface area (Å²) in [6, 6.07) is 7.19. The topological polar surface area (TPSA) is 74.8 Å². The number of rotatable bonds is 5. The van der Waals surface area contributed by atoms with Gasteiger partial charge in [-0.3, -0.25) is 19.8 Å².